The summed E-state index contributed by atoms with van der Waals surface area (Å²) in [5.41, 5.74) is 3.76. The van der Waals surface area contributed by atoms with Crippen LogP contribution in [0.15, 0.2) is 28.5 Å². The number of nitrogens with zero attached hydrogens (tertiary/aromatic N) is 2. The Kier molecular flexibility index (Phi) is 2.94. The van der Waals surface area contributed by atoms with Gasteiger partial charge in [0.15, 0.2) is 0 Å². The highest BCUT2D eigenvalue weighted by atomic mass is 15.2. The number of rotatable bonds is 2. The summed E-state index contributed by atoms with van der Waals surface area (Å²) in [5, 5.41) is 0. The molecule has 1 fully saturated rings. The van der Waals surface area contributed by atoms with Crippen LogP contribution in [0.3, 0.4) is 0 Å². The van der Waals surface area contributed by atoms with E-state index in [4.69, 9.17) is 4.99 Å². The standard InChI is InChI=1S/C13H20N2/c1-4-7-12-10(2)14-13-8-5-6-9-15(13)11(12)3/h3-9H2,1-2H3. The summed E-state index contributed by atoms with van der Waals surface area (Å²) in [6, 6.07) is 0. The van der Waals surface area contributed by atoms with Crippen molar-refractivity contribution in [1.29, 1.82) is 0 Å². The van der Waals surface area contributed by atoms with E-state index in [1.165, 1.54) is 42.1 Å². The lowest BCUT2D eigenvalue weighted by Gasteiger charge is -2.36. The fraction of sp³-hybridized carbons (Fsp3) is 0.615. The van der Waals surface area contributed by atoms with E-state index in [-0.39, 0.29) is 0 Å². The third-order valence-corrected chi connectivity index (χ3v) is 3.25. The van der Waals surface area contributed by atoms with E-state index in [0.29, 0.717) is 0 Å². The minimum absolute atomic E-state index is 1.11. The van der Waals surface area contributed by atoms with E-state index < -0.39 is 0 Å². The van der Waals surface area contributed by atoms with Gasteiger partial charge in [-0.3, -0.25) is 0 Å². The van der Waals surface area contributed by atoms with E-state index in [1.807, 2.05) is 0 Å². The quantitative estimate of drug-likeness (QED) is 0.672. The van der Waals surface area contributed by atoms with E-state index in [9.17, 15) is 0 Å². The first-order valence-corrected chi connectivity index (χ1v) is 5.98. The number of aliphatic imine (C=N–C) groups is 1. The molecule has 0 aromatic carbocycles. The van der Waals surface area contributed by atoms with Gasteiger partial charge in [0, 0.05) is 24.4 Å². The fourth-order valence-electron chi connectivity index (χ4n) is 2.43. The number of piperidine rings is 1. The third kappa shape index (κ3) is 1.85. The predicted molar refractivity (Wildman–Crippen MR) is 64.7 cm³/mol. The van der Waals surface area contributed by atoms with Crippen molar-refractivity contribution in [3.05, 3.63) is 23.5 Å². The molecule has 2 heteroatoms. The molecule has 0 aromatic heterocycles. The van der Waals surface area contributed by atoms with Gasteiger partial charge in [-0.2, -0.15) is 0 Å². The minimum atomic E-state index is 1.11. The first-order chi connectivity index (χ1) is 7.24. The van der Waals surface area contributed by atoms with Crippen LogP contribution in [0, 0.1) is 0 Å². The molecule has 82 valence electrons. The molecule has 0 unspecified atom stereocenters. The van der Waals surface area contributed by atoms with Gasteiger partial charge >= 0.3 is 0 Å². The van der Waals surface area contributed by atoms with Crippen LogP contribution in [0.4, 0.5) is 0 Å². The molecule has 2 heterocycles. The molecule has 0 atom stereocenters. The van der Waals surface area contributed by atoms with Gasteiger partial charge in [-0.1, -0.05) is 19.9 Å². The maximum atomic E-state index is 4.72. The summed E-state index contributed by atoms with van der Waals surface area (Å²) in [5.74, 6) is 1.24. The average molecular weight is 204 g/mol. The van der Waals surface area contributed by atoms with Crippen LogP contribution < -0.4 is 0 Å². The van der Waals surface area contributed by atoms with Crippen molar-refractivity contribution in [2.24, 2.45) is 4.99 Å². The van der Waals surface area contributed by atoms with Crippen LogP contribution in [-0.4, -0.2) is 17.3 Å². The molecule has 0 bridgehead atoms. The van der Waals surface area contributed by atoms with Crippen LogP contribution in [0.1, 0.15) is 46.0 Å². The minimum Gasteiger partial charge on any atom is -0.330 e. The third-order valence-electron chi connectivity index (χ3n) is 3.25. The van der Waals surface area contributed by atoms with Crippen molar-refractivity contribution in [2.45, 2.75) is 46.0 Å². The average Bonchev–Trinajstić information content (AvgIpc) is 2.24. The molecule has 0 saturated carbocycles. The van der Waals surface area contributed by atoms with Crippen molar-refractivity contribution in [1.82, 2.24) is 4.90 Å². The van der Waals surface area contributed by atoms with Gasteiger partial charge in [0.2, 0.25) is 0 Å². The fourth-order valence-corrected chi connectivity index (χ4v) is 2.43. The zero-order valence-corrected chi connectivity index (χ0v) is 9.84. The molecule has 0 aromatic rings. The maximum absolute atomic E-state index is 4.72. The number of amidine groups is 1. The molecule has 2 aliphatic heterocycles. The zero-order valence-electron chi connectivity index (χ0n) is 9.84. The van der Waals surface area contributed by atoms with E-state index in [0.717, 1.165) is 19.4 Å². The van der Waals surface area contributed by atoms with E-state index >= 15 is 0 Å². The highest BCUT2D eigenvalue weighted by Gasteiger charge is 2.25. The first kappa shape index (κ1) is 10.5. The Morgan fingerprint density at radius 2 is 2.20 bits per heavy atom. The second-order valence-corrected chi connectivity index (χ2v) is 4.40. The molecular formula is C13H20N2. The summed E-state index contributed by atoms with van der Waals surface area (Å²) >= 11 is 0. The first-order valence-electron chi connectivity index (χ1n) is 5.98. The lowest BCUT2D eigenvalue weighted by Crippen LogP contribution is -2.37. The van der Waals surface area contributed by atoms with Gasteiger partial charge in [0.25, 0.3) is 0 Å². The molecule has 0 amide bonds. The highest BCUT2D eigenvalue weighted by Crippen LogP contribution is 2.31. The summed E-state index contributed by atoms with van der Waals surface area (Å²) in [6.07, 6.45) is 5.95. The zero-order chi connectivity index (χ0) is 10.8. The normalized spacial score (nSPS) is 21.6. The largest absolute Gasteiger partial charge is 0.330 e. The molecule has 2 rings (SSSR count). The summed E-state index contributed by atoms with van der Waals surface area (Å²) < 4.78 is 0. The van der Waals surface area contributed by atoms with Gasteiger partial charge in [0.05, 0.1) is 0 Å². The lowest BCUT2D eigenvalue weighted by molar-refractivity contribution is 0.437. The van der Waals surface area contributed by atoms with Gasteiger partial charge in [-0.05, 0) is 31.8 Å². The molecule has 0 N–H and O–H groups in total. The Bertz CT molecular complexity index is 336. The molecule has 15 heavy (non-hydrogen) atoms. The number of hydrogen-bond acceptors (Lipinski definition) is 2. The van der Waals surface area contributed by atoms with Crippen LogP contribution in [0.5, 0.6) is 0 Å². The van der Waals surface area contributed by atoms with Crippen molar-refractivity contribution < 1.29 is 0 Å². The van der Waals surface area contributed by atoms with Gasteiger partial charge < -0.3 is 4.90 Å². The molecular weight excluding hydrogens is 184 g/mol. The highest BCUT2D eigenvalue weighted by molar-refractivity contribution is 5.87. The van der Waals surface area contributed by atoms with Crippen LogP contribution in [0.2, 0.25) is 0 Å². The van der Waals surface area contributed by atoms with E-state index in [1.54, 1.807) is 0 Å². The second kappa shape index (κ2) is 4.21. The van der Waals surface area contributed by atoms with Crippen molar-refractivity contribution in [3.63, 3.8) is 0 Å². The summed E-state index contributed by atoms with van der Waals surface area (Å²) in [6.45, 7) is 9.68. The summed E-state index contributed by atoms with van der Waals surface area (Å²) in [7, 11) is 0. The molecule has 0 aliphatic carbocycles. The molecule has 2 aliphatic rings. The van der Waals surface area contributed by atoms with Crippen LogP contribution in [0.25, 0.3) is 0 Å². The van der Waals surface area contributed by atoms with E-state index in [2.05, 4.69) is 25.3 Å². The van der Waals surface area contributed by atoms with Gasteiger partial charge in [0.1, 0.15) is 5.84 Å². The summed E-state index contributed by atoms with van der Waals surface area (Å²) in [4.78, 5) is 7.04. The second-order valence-electron chi connectivity index (χ2n) is 4.40. The smallest absolute Gasteiger partial charge is 0.109 e. The van der Waals surface area contributed by atoms with Gasteiger partial charge in [-0.15, -0.1) is 0 Å². The topological polar surface area (TPSA) is 15.6 Å². The van der Waals surface area contributed by atoms with Crippen molar-refractivity contribution >= 4 is 5.84 Å². The van der Waals surface area contributed by atoms with Crippen molar-refractivity contribution in [3.8, 4) is 0 Å². The Balaban J connectivity index is 2.30. The number of hydrogen-bond donors (Lipinski definition) is 0. The van der Waals surface area contributed by atoms with Crippen LogP contribution >= 0.6 is 0 Å². The Hall–Kier alpha value is -1.05. The lowest BCUT2D eigenvalue weighted by atomic mass is 9.99. The molecule has 0 spiro atoms. The SMILES string of the molecule is C=C1C(CCC)=C(C)N=C2CCCCN12. The number of fused-ring (bicyclic) bond motifs is 1. The Morgan fingerprint density at radius 3 is 2.93 bits per heavy atom. The number of allylic oxidation sites excluding steroid dienone is 2. The molecule has 2 nitrogen and oxygen atoms in total. The predicted octanol–water partition coefficient (Wildman–Crippen LogP) is 3.47. The van der Waals surface area contributed by atoms with Crippen LogP contribution in [-0.2, 0) is 0 Å². The maximum Gasteiger partial charge on any atom is 0.109 e. The Morgan fingerprint density at radius 1 is 1.40 bits per heavy atom. The Labute approximate surface area is 92.4 Å². The van der Waals surface area contributed by atoms with Crippen molar-refractivity contribution in [2.75, 3.05) is 6.54 Å². The molecule has 1 saturated heterocycles. The van der Waals surface area contributed by atoms with Gasteiger partial charge in [-0.25, -0.2) is 4.99 Å². The monoisotopic (exact) mass is 204 g/mol. The molecule has 0 radical (unpaired) electrons.